The van der Waals surface area contributed by atoms with Crippen LogP contribution in [0.15, 0.2) is 18.2 Å². The first-order valence-corrected chi connectivity index (χ1v) is 6.49. The number of carbonyl (C=O) groups excluding carboxylic acids is 2. The number of amides is 3. The number of hydrogen-bond acceptors (Lipinski definition) is 3. The minimum absolute atomic E-state index is 0.00583. The highest BCUT2D eigenvalue weighted by Gasteiger charge is 2.22. The van der Waals surface area contributed by atoms with Crippen molar-refractivity contribution in [2.75, 3.05) is 11.9 Å². The van der Waals surface area contributed by atoms with Gasteiger partial charge in [-0.1, -0.05) is 17.7 Å². The van der Waals surface area contributed by atoms with Crippen molar-refractivity contribution in [2.45, 2.75) is 19.9 Å². The number of nitrogens with two attached hydrogens (primary N) is 1. The summed E-state index contributed by atoms with van der Waals surface area (Å²) in [5.41, 5.74) is 4.93. The third kappa shape index (κ3) is 4.35. The number of anilines is 1. The highest BCUT2D eigenvalue weighted by Crippen LogP contribution is 2.24. The molecule has 0 spiro atoms. The third-order valence-corrected chi connectivity index (χ3v) is 2.99. The molecule has 8 heteroatoms. The maximum absolute atomic E-state index is 12.1. The van der Waals surface area contributed by atoms with Crippen LogP contribution in [0.5, 0.6) is 0 Å². The van der Waals surface area contributed by atoms with Gasteiger partial charge in [-0.3, -0.25) is 4.79 Å². The Balaban J connectivity index is 3.04. The Morgan fingerprint density at radius 1 is 1.38 bits per heavy atom. The number of aromatic carboxylic acids is 1. The molecule has 0 aromatic heterocycles. The number of carbonyl (C=O) groups is 3. The Hall–Kier alpha value is -2.28. The van der Waals surface area contributed by atoms with Gasteiger partial charge >= 0.3 is 12.0 Å². The molecular weight excluding hydrogens is 298 g/mol. The van der Waals surface area contributed by atoms with Gasteiger partial charge in [0.25, 0.3) is 0 Å². The van der Waals surface area contributed by atoms with Crippen LogP contribution in [-0.4, -0.2) is 40.5 Å². The molecule has 114 valence electrons. The zero-order valence-electron chi connectivity index (χ0n) is 11.6. The number of halogens is 1. The zero-order valence-corrected chi connectivity index (χ0v) is 12.3. The molecule has 0 aliphatic heterocycles. The van der Waals surface area contributed by atoms with E-state index in [0.717, 1.165) is 0 Å². The minimum atomic E-state index is -1.26. The van der Waals surface area contributed by atoms with Crippen LogP contribution >= 0.6 is 11.6 Å². The summed E-state index contributed by atoms with van der Waals surface area (Å²) in [6, 6.07) is 3.41. The van der Waals surface area contributed by atoms with Crippen molar-refractivity contribution in [3.05, 3.63) is 28.8 Å². The van der Waals surface area contributed by atoms with Crippen LogP contribution in [0.4, 0.5) is 10.5 Å². The molecule has 0 bridgehead atoms. The second kappa shape index (κ2) is 6.94. The van der Waals surface area contributed by atoms with Crippen LogP contribution in [-0.2, 0) is 4.79 Å². The molecule has 0 radical (unpaired) electrons. The van der Waals surface area contributed by atoms with E-state index in [4.69, 9.17) is 22.4 Å². The van der Waals surface area contributed by atoms with Crippen molar-refractivity contribution >= 4 is 35.2 Å². The zero-order chi connectivity index (χ0) is 16.2. The number of primary amides is 1. The summed E-state index contributed by atoms with van der Waals surface area (Å²) in [6.45, 7) is 3.14. The molecular formula is C13H16ClN3O4. The van der Waals surface area contributed by atoms with E-state index in [1.807, 2.05) is 0 Å². The predicted molar refractivity (Wildman–Crippen MR) is 78.5 cm³/mol. The molecule has 7 nitrogen and oxygen atoms in total. The summed E-state index contributed by atoms with van der Waals surface area (Å²) < 4.78 is 0. The van der Waals surface area contributed by atoms with Gasteiger partial charge in [-0.25, -0.2) is 9.59 Å². The number of carboxylic acid groups (broad SMARTS) is 1. The molecule has 3 amide bonds. The Bertz CT molecular complexity index is 575. The first-order chi connectivity index (χ1) is 9.73. The van der Waals surface area contributed by atoms with Crippen molar-refractivity contribution < 1.29 is 19.5 Å². The topological polar surface area (TPSA) is 113 Å². The van der Waals surface area contributed by atoms with Crippen molar-refractivity contribution in [3.63, 3.8) is 0 Å². The standard InChI is InChI=1S/C13H16ClN3O4/c1-7(2)17(6-10(15)18)13(21)16-9-5-3-4-8(14)11(9)12(19)20/h3-5,7H,6H2,1-2H3,(H2,15,18)(H,16,21)(H,19,20). The fraction of sp³-hybridized carbons (Fsp3) is 0.308. The van der Waals surface area contributed by atoms with Gasteiger partial charge in [-0.15, -0.1) is 0 Å². The van der Waals surface area contributed by atoms with Gasteiger partial charge in [0.15, 0.2) is 0 Å². The molecule has 0 aliphatic carbocycles. The van der Waals surface area contributed by atoms with Gasteiger partial charge < -0.3 is 21.1 Å². The van der Waals surface area contributed by atoms with Gasteiger partial charge in [0.2, 0.25) is 5.91 Å². The SMILES string of the molecule is CC(C)N(CC(N)=O)C(=O)Nc1cccc(Cl)c1C(=O)O. The number of hydrogen-bond donors (Lipinski definition) is 3. The van der Waals surface area contributed by atoms with E-state index in [2.05, 4.69) is 5.32 Å². The lowest BCUT2D eigenvalue weighted by molar-refractivity contribution is -0.118. The summed E-state index contributed by atoms with van der Waals surface area (Å²) in [7, 11) is 0. The molecule has 1 aromatic rings. The average Bonchev–Trinajstić information content (AvgIpc) is 2.34. The quantitative estimate of drug-likeness (QED) is 0.768. The van der Waals surface area contributed by atoms with Crippen molar-refractivity contribution in [1.82, 2.24) is 4.90 Å². The average molecular weight is 314 g/mol. The lowest BCUT2D eigenvalue weighted by Gasteiger charge is -2.25. The van der Waals surface area contributed by atoms with Gasteiger partial charge in [0, 0.05) is 6.04 Å². The maximum atomic E-state index is 12.1. The van der Waals surface area contributed by atoms with E-state index in [9.17, 15) is 14.4 Å². The molecule has 4 N–H and O–H groups in total. The van der Waals surface area contributed by atoms with E-state index in [-0.39, 0.29) is 28.9 Å². The normalized spacial score (nSPS) is 10.3. The molecule has 0 aliphatic rings. The van der Waals surface area contributed by atoms with Crippen LogP contribution in [0.1, 0.15) is 24.2 Å². The molecule has 0 unspecified atom stereocenters. The van der Waals surface area contributed by atoms with E-state index < -0.39 is 17.9 Å². The van der Waals surface area contributed by atoms with Gasteiger partial charge in [0.1, 0.15) is 12.1 Å². The summed E-state index contributed by atoms with van der Waals surface area (Å²) in [4.78, 5) is 35.5. The number of nitrogens with zero attached hydrogens (tertiary/aromatic N) is 1. The van der Waals surface area contributed by atoms with Crippen LogP contribution in [0.3, 0.4) is 0 Å². The maximum Gasteiger partial charge on any atom is 0.339 e. The highest BCUT2D eigenvalue weighted by molar-refractivity contribution is 6.34. The Kier molecular flexibility index (Phi) is 5.54. The smallest absolute Gasteiger partial charge is 0.339 e. The molecule has 0 saturated heterocycles. The molecule has 1 aromatic carbocycles. The number of rotatable bonds is 5. The lowest BCUT2D eigenvalue weighted by Crippen LogP contribution is -2.45. The summed E-state index contributed by atoms with van der Waals surface area (Å²) in [6.07, 6.45) is 0. The second-order valence-electron chi connectivity index (χ2n) is 4.59. The Morgan fingerprint density at radius 2 is 2.00 bits per heavy atom. The van der Waals surface area contributed by atoms with Crippen LogP contribution < -0.4 is 11.1 Å². The Labute approximate surface area is 126 Å². The fourth-order valence-corrected chi connectivity index (χ4v) is 1.94. The van der Waals surface area contributed by atoms with Crippen molar-refractivity contribution in [1.29, 1.82) is 0 Å². The number of carboxylic acids is 1. The largest absolute Gasteiger partial charge is 0.478 e. The van der Waals surface area contributed by atoms with Crippen LogP contribution in [0.2, 0.25) is 5.02 Å². The van der Waals surface area contributed by atoms with E-state index in [1.165, 1.54) is 23.1 Å². The van der Waals surface area contributed by atoms with Gasteiger partial charge in [0.05, 0.1) is 10.7 Å². The number of urea groups is 1. The molecule has 0 fully saturated rings. The highest BCUT2D eigenvalue weighted by atomic mass is 35.5. The Morgan fingerprint density at radius 3 is 2.48 bits per heavy atom. The van der Waals surface area contributed by atoms with E-state index >= 15 is 0 Å². The van der Waals surface area contributed by atoms with Crippen molar-refractivity contribution in [2.24, 2.45) is 5.73 Å². The summed E-state index contributed by atoms with van der Waals surface area (Å²) >= 11 is 5.81. The van der Waals surface area contributed by atoms with E-state index in [0.29, 0.717) is 0 Å². The predicted octanol–water partition coefficient (Wildman–Crippen LogP) is 1.77. The third-order valence-electron chi connectivity index (χ3n) is 2.68. The monoisotopic (exact) mass is 313 g/mol. The number of benzene rings is 1. The first-order valence-electron chi connectivity index (χ1n) is 6.11. The lowest BCUT2D eigenvalue weighted by atomic mass is 10.2. The molecule has 0 saturated carbocycles. The van der Waals surface area contributed by atoms with Crippen LogP contribution in [0.25, 0.3) is 0 Å². The second-order valence-corrected chi connectivity index (χ2v) is 4.99. The first kappa shape index (κ1) is 16.8. The summed E-state index contributed by atoms with van der Waals surface area (Å²) in [5, 5.41) is 11.6. The van der Waals surface area contributed by atoms with Gasteiger partial charge in [-0.05, 0) is 26.0 Å². The number of nitrogens with one attached hydrogen (secondary N) is 1. The fourth-order valence-electron chi connectivity index (χ4n) is 1.69. The molecule has 1 rings (SSSR count). The molecule has 21 heavy (non-hydrogen) atoms. The minimum Gasteiger partial charge on any atom is -0.478 e. The van der Waals surface area contributed by atoms with E-state index in [1.54, 1.807) is 13.8 Å². The summed E-state index contributed by atoms with van der Waals surface area (Å²) in [5.74, 6) is -1.93. The molecule has 0 atom stereocenters. The van der Waals surface area contributed by atoms with Crippen LogP contribution in [0, 0.1) is 0 Å². The molecule has 0 heterocycles. The van der Waals surface area contributed by atoms with Gasteiger partial charge in [-0.2, -0.15) is 0 Å². The van der Waals surface area contributed by atoms with Crippen molar-refractivity contribution in [3.8, 4) is 0 Å².